The van der Waals surface area contributed by atoms with Crippen LogP contribution in [0.4, 0.5) is 4.39 Å². The molecule has 8 heteroatoms. The summed E-state index contributed by atoms with van der Waals surface area (Å²) in [7, 11) is 0. The van der Waals surface area contributed by atoms with E-state index in [2.05, 4.69) is 15.2 Å². The number of rotatable bonds is 4. The molecule has 0 bridgehead atoms. The Hall–Kier alpha value is -3.55. The Kier molecular flexibility index (Phi) is 3.72. The molecule has 0 unspecified atom stereocenters. The Balaban J connectivity index is 1.92. The monoisotopic (exact) mass is 351 g/mol. The lowest BCUT2D eigenvalue weighted by molar-refractivity contribution is 0.0687. The molecular weight excluding hydrogens is 337 g/mol. The number of hydrogen-bond acceptors (Lipinski definition) is 4. The van der Waals surface area contributed by atoms with E-state index < -0.39 is 5.97 Å². The van der Waals surface area contributed by atoms with Crippen molar-refractivity contribution in [2.45, 2.75) is 13.5 Å². The van der Waals surface area contributed by atoms with Crippen LogP contribution in [0.2, 0.25) is 0 Å². The van der Waals surface area contributed by atoms with Gasteiger partial charge in [0.05, 0.1) is 17.1 Å². The van der Waals surface area contributed by atoms with Gasteiger partial charge in [0, 0.05) is 24.4 Å². The van der Waals surface area contributed by atoms with Gasteiger partial charge in [0.15, 0.2) is 11.3 Å². The second kappa shape index (κ2) is 6.07. The van der Waals surface area contributed by atoms with E-state index in [4.69, 9.17) is 0 Å². The zero-order valence-electron chi connectivity index (χ0n) is 13.8. The van der Waals surface area contributed by atoms with Crippen molar-refractivity contribution >= 4 is 11.6 Å². The number of carbonyl (C=O) groups is 1. The summed E-state index contributed by atoms with van der Waals surface area (Å²) in [6, 6.07) is 10.8. The molecule has 0 saturated heterocycles. The SMILES string of the molecule is CCn1nccc1-c1cc(C(=O)O)n2nc(-c3ccc(F)cc3)cc2n1. The number of aryl methyl sites for hydroxylation is 1. The maximum Gasteiger partial charge on any atom is 0.354 e. The summed E-state index contributed by atoms with van der Waals surface area (Å²) in [5.74, 6) is -1.47. The molecule has 0 amide bonds. The second-order valence-corrected chi connectivity index (χ2v) is 5.67. The first-order valence-electron chi connectivity index (χ1n) is 7.99. The number of nitrogens with zero attached hydrogens (tertiary/aromatic N) is 5. The summed E-state index contributed by atoms with van der Waals surface area (Å²) < 4.78 is 16.1. The highest BCUT2D eigenvalue weighted by atomic mass is 19.1. The molecule has 3 aromatic heterocycles. The average Bonchev–Trinajstić information content (AvgIpc) is 3.27. The quantitative estimate of drug-likeness (QED) is 0.611. The molecule has 26 heavy (non-hydrogen) atoms. The fourth-order valence-electron chi connectivity index (χ4n) is 2.82. The van der Waals surface area contributed by atoms with Crippen LogP contribution in [-0.4, -0.2) is 35.5 Å². The molecule has 1 aromatic carbocycles. The largest absolute Gasteiger partial charge is 0.477 e. The lowest BCUT2D eigenvalue weighted by atomic mass is 10.1. The van der Waals surface area contributed by atoms with Gasteiger partial charge in [-0.05, 0) is 43.3 Å². The third-order valence-electron chi connectivity index (χ3n) is 4.06. The predicted molar refractivity (Wildman–Crippen MR) is 92.2 cm³/mol. The number of aromatic nitrogens is 5. The van der Waals surface area contributed by atoms with Crippen LogP contribution in [-0.2, 0) is 6.54 Å². The first kappa shape index (κ1) is 15.9. The fraction of sp³-hybridized carbons (Fsp3) is 0.111. The lowest BCUT2D eigenvalue weighted by Gasteiger charge is -2.06. The summed E-state index contributed by atoms with van der Waals surface area (Å²) in [6.07, 6.45) is 1.64. The molecule has 1 N–H and O–H groups in total. The summed E-state index contributed by atoms with van der Waals surface area (Å²) in [6.45, 7) is 2.58. The molecule has 0 saturated carbocycles. The van der Waals surface area contributed by atoms with E-state index in [1.807, 2.05) is 6.92 Å². The Morgan fingerprint density at radius 3 is 2.62 bits per heavy atom. The number of carboxylic acids is 1. The Morgan fingerprint density at radius 1 is 1.15 bits per heavy atom. The van der Waals surface area contributed by atoms with Crippen molar-refractivity contribution < 1.29 is 14.3 Å². The molecule has 0 aliphatic heterocycles. The van der Waals surface area contributed by atoms with Crippen LogP contribution in [0.3, 0.4) is 0 Å². The lowest BCUT2D eigenvalue weighted by Crippen LogP contribution is -2.09. The van der Waals surface area contributed by atoms with Crippen molar-refractivity contribution in [2.24, 2.45) is 0 Å². The van der Waals surface area contributed by atoms with Gasteiger partial charge in [0.1, 0.15) is 5.82 Å². The van der Waals surface area contributed by atoms with Gasteiger partial charge >= 0.3 is 5.97 Å². The van der Waals surface area contributed by atoms with Crippen molar-refractivity contribution in [1.29, 1.82) is 0 Å². The van der Waals surface area contributed by atoms with Crippen LogP contribution in [0.1, 0.15) is 17.4 Å². The van der Waals surface area contributed by atoms with Gasteiger partial charge in [-0.3, -0.25) is 4.68 Å². The highest BCUT2D eigenvalue weighted by Gasteiger charge is 2.17. The first-order chi connectivity index (χ1) is 12.6. The molecule has 0 spiro atoms. The number of fused-ring (bicyclic) bond motifs is 1. The Labute approximate surface area is 147 Å². The summed E-state index contributed by atoms with van der Waals surface area (Å²) in [5.41, 5.74) is 2.79. The smallest absolute Gasteiger partial charge is 0.354 e. The van der Waals surface area contributed by atoms with Crippen LogP contribution >= 0.6 is 0 Å². The third-order valence-corrected chi connectivity index (χ3v) is 4.06. The topological polar surface area (TPSA) is 85.3 Å². The van der Waals surface area contributed by atoms with Crippen LogP contribution in [0.15, 0.2) is 48.7 Å². The number of halogens is 1. The molecular formula is C18H14FN5O2. The van der Waals surface area contributed by atoms with Crippen molar-refractivity contribution in [2.75, 3.05) is 0 Å². The van der Waals surface area contributed by atoms with Gasteiger partial charge in [0.2, 0.25) is 0 Å². The van der Waals surface area contributed by atoms with Gasteiger partial charge in [-0.15, -0.1) is 0 Å². The second-order valence-electron chi connectivity index (χ2n) is 5.67. The van der Waals surface area contributed by atoms with Crippen molar-refractivity contribution in [1.82, 2.24) is 24.4 Å². The molecule has 0 aliphatic carbocycles. The number of benzene rings is 1. The molecule has 4 aromatic rings. The third kappa shape index (κ3) is 2.61. The van der Waals surface area contributed by atoms with E-state index in [0.29, 0.717) is 29.1 Å². The first-order valence-corrected chi connectivity index (χ1v) is 7.99. The number of aromatic carboxylic acids is 1. The number of carboxylic acid groups (broad SMARTS) is 1. The zero-order valence-corrected chi connectivity index (χ0v) is 13.8. The number of hydrogen-bond donors (Lipinski definition) is 1. The van der Waals surface area contributed by atoms with Crippen molar-refractivity contribution in [3.05, 3.63) is 60.2 Å². The van der Waals surface area contributed by atoms with E-state index >= 15 is 0 Å². The molecule has 0 radical (unpaired) electrons. The average molecular weight is 351 g/mol. The van der Waals surface area contributed by atoms with Gasteiger partial charge in [-0.25, -0.2) is 18.7 Å². The molecule has 130 valence electrons. The van der Waals surface area contributed by atoms with Crippen molar-refractivity contribution in [3.8, 4) is 22.6 Å². The molecule has 0 aliphatic rings. The summed E-state index contributed by atoms with van der Waals surface area (Å²) >= 11 is 0. The molecule has 3 heterocycles. The molecule has 0 fully saturated rings. The maximum absolute atomic E-state index is 13.1. The van der Waals surface area contributed by atoms with Crippen LogP contribution < -0.4 is 0 Å². The predicted octanol–water partition coefficient (Wildman–Crippen LogP) is 3.12. The minimum absolute atomic E-state index is 0.0118. The van der Waals surface area contributed by atoms with Gasteiger partial charge in [-0.1, -0.05) is 0 Å². The van der Waals surface area contributed by atoms with Gasteiger partial charge < -0.3 is 5.11 Å². The van der Waals surface area contributed by atoms with Crippen LogP contribution in [0.5, 0.6) is 0 Å². The van der Waals surface area contributed by atoms with Crippen molar-refractivity contribution in [3.63, 3.8) is 0 Å². The maximum atomic E-state index is 13.1. The fourth-order valence-corrected chi connectivity index (χ4v) is 2.82. The molecule has 4 rings (SSSR count). The highest BCUT2D eigenvalue weighted by molar-refractivity contribution is 5.88. The Morgan fingerprint density at radius 2 is 1.92 bits per heavy atom. The zero-order chi connectivity index (χ0) is 18.3. The summed E-state index contributed by atoms with van der Waals surface area (Å²) in [4.78, 5) is 16.3. The Bertz CT molecular complexity index is 1110. The molecule has 7 nitrogen and oxygen atoms in total. The standard InChI is InChI=1S/C18H14FN5O2/c1-2-23-15(7-8-20-23)14-9-16(18(25)26)24-17(21-14)10-13(22-24)11-3-5-12(19)6-4-11/h3-10H,2H2,1H3,(H,25,26). The minimum atomic E-state index is -1.12. The van der Waals surface area contributed by atoms with Gasteiger partial charge in [0.25, 0.3) is 0 Å². The highest BCUT2D eigenvalue weighted by Crippen LogP contribution is 2.24. The normalized spacial score (nSPS) is 11.2. The van der Waals surface area contributed by atoms with Crippen LogP contribution in [0, 0.1) is 5.82 Å². The van der Waals surface area contributed by atoms with Gasteiger partial charge in [-0.2, -0.15) is 10.2 Å². The minimum Gasteiger partial charge on any atom is -0.477 e. The van der Waals surface area contributed by atoms with E-state index in [-0.39, 0.29) is 11.5 Å². The van der Waals surface area contributed by atoms with E-state index in [1.165, 1.54) is 22.7 Å². The van der Waals surface area contributed by atoms with E-state index in [1.54, 1.807) is 35.1 Å². The van der Waals surface area contributed by atoms with E-state index in [0.717, 1.165) is 5.69 Å². The molecule has 0 atom stereocenters. The summed E-state index contributed by atoms with van der Waals surface area (Å²) in [5, 5.41) is 18.1. The van der Waals surface area contributed by atoms with E-state index in [9.17, 15) is 14.3 Å². The van der Waals surface area contributed by atoms with Crippen LogP contribution in [0.25, 0.3) is 28.3 Å².